The number of hydrogen-bond acceptors (Lipinski definition) is 5. The largest absolute Gasteiger partial charge is 0.356 e. The van der Waals surface area contributed by atoms with Crippen LogP contribution in [0.25, 0.3) is 11.4 Å². The lowest BCUT2D eigenvalue weighted by Crippen LogP contribution is -2.34. The van der Waals surface area contributed by atoms with E-state index in [4.69, 9.17) is 9.97 Å². The summed E-state index contributed by atoms with van der Waals surface area (Å²) in [5.74, 6) is 1.98. The summed E-state index contributed by atoms with van der Waals surface area (Å²) in [6.07, 6.45) is 8.45. The van der Waals surface area contributed by atoms with Crippen molar-refractivity contribution in [2.75, 3.05) is 24.5 Å². The van der Waals surface area contributed by atoms with Crippen LogP contribution in [0.2, 0.25) is 0 Å². The highest BCUT2D eigenvalue weighted by atomic mass is 15.2. The van der Waals surface area contributed by atoms with Crippen molar-refractivity contribution in [3.63, 3.8) is 0 Å². The molecule has 0 aliphatic carbocycles. The summed E-state index contributed by atoms with van der Waals surface area (Å²) in [4.78, 5) is 16.3. The molecular weight excluding hydrogens is 274 g/mol. The molecule has 0 aromatic carbocycles. The Hall–Kier alpha value is -2.01. The molecule has 5 heteroatoms. The van der Waals surface area contributed by atoms with Crippen LogP contribution < -0.4 is 10.2 Å². The van der Waals surface area contributed by atoms with Crippen LogP contribution in [0.15, 0.2) is 24.5 Å². The van der Waals surface area contributed by atoms with Crippen LogP contribution in [0, 0.1) is 0 Å². The standard InChI is InChI=1S/C17H21N5/c1-2-10-22(11-3-1)17-14-12-19-9-6-15(14)20-16(21-17)13-4-7-18-8-5-13/h4-5,7-8,19H,1-3,6,9-12H2. The fourth-order valence-electron chi connectivity index (χ4n) is 3.32. The molecule has 2 aliphatic heterocycles. The highest BCUT2D eigenvalue weighted by molar-refractivity contribution is 5.60. The Balaban J connectivity index is 1.80. The molecule has 5 nitrogen and oxygen atoms in total. The van der Waals surface area contributed by atoms with Crippen LogP contribution in [-0.4, -0.2) is 34.6 Å². The molecule has 0 saturated carbocycles. The van der Waals surface area contributed by atoms with E-state index in [0.29, 0.717) is 0 Å². The second-order valence-corrected chi connectivity index (χ2v) is 6.01. The average molecular weight is 295 g/mol. The molecule has 1 fully saturated rings. The molecule has 114 valence electrons. The summed E-state index contributed by atoms with van der Waals surface area (Å²) in [5, 5.41) is 3.46. The van der Waals surface area contributed by atoms with Crippen molar-refractivity contribution in [1.82, 2.24) is 20.3 Å². The van der Waals surface area contributed by atoms with Gasteiger partial charge in [0.25, 0.3) is 0 Å². The zero-order valence-electron chi connectivity index (χ0n) is 12.8. The number of fused-ring (bicyclic) bond motifs is 1. The molecule has 2 aromatic heterocycles. The zero-order valence-corrected chi connectivity index (χ0v) is 12.8. The van der Waals surface area contributed by atoms with Crippen molar-refractivity contribution < 1.29 is 0 Å². The average Bonchev–Trinajstić information content (AvgIpc) is 2.62. The summed E-state index contributed by atoms with van der Waals surface area (Å²) in [6.45, 7) is 4.11. The summed E-state index contributed by atoms with van der Waals surface area (Å²) in [5.41, 5.74) is 3.56. The van der Waals surface area contributed by atoms with Gasteiger partial charge in [0, 0.05) is 56.1 Å². The van der Waals surface area contributed by atoms with E-state index in [1.807, 2.05) is 12.1 Å². The maximum atomic E-state index is 4.93. The van der Waals surface area contributed by atoms with Crippen molar-refractivity contribution in [1.29, 1.82) is 0 Å². The number of pyridine rings is 1. The van der Waals surface area contributed by atoms with E-state index in [9.17, 15) is 0 Å². The Bertz CT molecular complexity index is 650. The zero-order chi connectivity index (χ0) is 14.8. The summed E-state index contributed by atoms with van der Waals surface area (Å²) in [6, 6.07) is 3.98. The molecule has 4 heterocycles. The maximum Gasteiger partial charge on any atom is 0.161 e. The van der Waals surface area contributed by atoms with Crippen LogP contribution in [0.5, 0.6) is 0 Å². The van der Waals surface area contributed by atoms with Crippen LogP contribution in [0.1, 0.15) is 30.5 Å². The van der Waals surface area contributed by atoms with Gasteiger partial charge < -0.3 is 10.2 Å². The van der Waals surface area contributed by atoms with Gasteiger partial charge in [0.05, 0.1) is 5.69 Å². The van der Waals surface area contributed by atoms with Gasteiger partial charge in [0.1, 0.15) is 5.82 Å². The number of piperidine rings is 1. The van der Waals surface area contributed by atoms with Crippen LogP contribution >= 0.6 is 0 Å². The van der Waals surface area contributed by atoms with Gasteiger partial charge in [0.2, 0.25) is 0 Å². The third-order valence-corrected chi connectivity index (χ3v) is 4.51. The smallest absolute Gasteiger partial charge is 0.161 e. The van der Waals surface area contributed by atoms with Crippen molar-refractivity contribution in [2.45, 2.75) is 32.2 Å². The molecule has 0 bridgehead atoms. The van der Waals surface area contributed by atoms with Crippen molar-refractivity contribution in [2.24, 2.45) is 0 Å². The van der Waals surface area contributed by atoms with E-state index >= 15 is 0 Å². The van der Waals surface area contributed by atoms with Crippen LogP contribution in [0.4, 0.5) is 5.82 Å². The number of anilines is 1. The van der Waals surface area contributed by atoms with Crippen LogP contribution in [-0.2, 0) is 13.0 Å². The number of hydrogen-bond donors (Lipinski definition) is 1. The Morgan fingerprint density at radius 2 is 1.82 bits per heavy atom. The van der Waals surface area contributed by atoms with Crippen molar-refractivity contribution in [3.8, 4) is 11.4 Å². The molecular formula is C17H21N5. The van der Waals surface area contributed by atoms with Gasteiger partial charge >= 0.3 is 0 Å². The molecule has 1 N–H and O–H groups in total. The Morgan fingerprint density at radius 1 is 1.00 bits per heavy atom. The topological polar surface area (TPSA) is 53.9 Å². The first-order valence-corrected chi connectivity index (χ1v) is 8.18. The van der Waals surface area contributed by atoms with E-state index < -0.39 is 0 Å². The van der Waals surface area contributed by atoms with Gasteiger partial charge in [-0.1, -0.05) is 0 Å². The predicted molar refractivity (Wildman–Crippen MR) is 86.7 cm³/mol. The number of nitrogens with one attached hydrogen (secondary N) is 1. The molecule has 2 aromatic rings. The Morgan fingerprint density at radius 3 is 2.64 bits per heavy atom. The minimum atomic E-state index is 0.837. The van der Waals surface area contributed by atoms with Gasteiger partial charge in [-0.25, -0.2) is 9.97 Å². The minimum absolute atomic E-state index is 0.837. The van der Waals surface area contributed by atoms with E-state index in [-0.39, 0.29) is 0 Å². The second-order valence-electron chi connectivity index (χ2n) is 6.01. The summed E-state index contributed by atoms with van der Waals surface area (Å²) in [7, 11) is 0. The Kier molecular flexibility index (Phi) is 3.72. The quantitative estimate of drug-likeness (QED) is 0.920. The number of nitrogens with zero attached hydrogens (tertiary/aromatic N) is 4. The lowest BCUT2D eigenvalue weighted by atomic mass is 10.0. The first-order chi connectivity index (χ1) is 10.9. The molecule has 0 atom stereocenters. The molecule has 0 unspecified atom stereocenters. The monoisotopic (exact) mass is 295 g/mol. The minimum Gasteiger partial charge on any atom is -0.356 e. The number of aromatic nitrogens is 3. The maximum absolute atomic E-state index is 4.93. The van der Waals surface area contributed by atoms with Gasteiger partial charge in [-0.05, 0) is 31.4 Å². The fraction of sp³-hybridized carbons (Fsp3) is 0.471. The van der Waals surface area contributed by atoms with Gasteiger partial charge in [-0.3, -0.25) is 4.98 Å². The van der Waals surface area contributed by atoms with Crippen molar-refractivity contribution >= 4 is 5.82 Å². The van der Waals surface area contributed by atoms with E-state index in [0.717, 1.165) is 49.8 Å². The van der Waals surface area contributed by atoms with E-state index in [2.05, 4.69) is 15.2 Å². The fourth-order valence-corrected chi connectivity index (χ4v) is 3.32. The normalized spacial score (nSPS) is 18.1. The van der Waals surface area contributed by atoms with E-state index in [1.165, 1.54) is 30.5 Å². The molecule has 4 rings (SSSR count). The van der Waals surface area contributed by atoms with Gasteiger partial charge in [0.15, 0.2) is 5.82 Å². The van der Waals surface area contributed by atoms with Gasteiger partial charge in [-0.2, -0.15) is 0 Å². The predicted octanol–water partition coefficient (Wildman–Crippen LogP) is 2.17. The van der Waals surface area contributed by atoms with E-state index in [1.54, 1.807) is 12.4 Å². The number of rotatable bonds is 2. The van der Waals surface area contributed by atoms with Crippen molar-refractivity contribution in [3.05, 3.63) is 35.8 Å². The first-order valence-electron chi connectivity index (χ1n) is 8.18. The summed E-state index contributed by atoms with van der Waals surface area (Å²) < 4.78 is 0. The second kappa shape index (κ2) is 6.01. The lowest BCUT2D eigenvalue weighted by molar-refractivity contribution is 0.562. The molecule has 2 aliphatic rings. The highest BCUT2D eigenvalue weighted by Gasteiger charge is 2.23. The van der Waals surface area contributed by atoms with Crippen LogP contribution in [0.3, 0.4) is 0 Å². The highest BCUT2D eigenvalue weighted by Crippen LogP contribution is 2.28. The molecule has 0 radical (unpaired) electrons. The SMILES string of the molecule is c1cc(-c2nc3c(c(N4CCCCC4)n2)CNCC3)ccn1. The molecule has 1 saturated heterocycles. The third kappa shape index (κ3) is 2.57. The first kappa shape index (κ1) is 13.6. The summed E-state index contributed by atoms with van der Waals surface area (Å²) >= 11 is 0. The molecule has 22 heavy (non-hydrogen) atoms. The third-order valence-electron chi connectivity index (χ3n) is 4.51. The Labute approximate surface area is 130 Å². The molecule has 0 spiro atoms. The van der Waals surface area contributed by atoms with Gasteiger partial charge in [-0.15, -0.1) is 0 Å². The lowest BCUT2D eigenvalue weighted by Gasteiger charge is -2.31. The molecule has 0 amide bonds.